The maximum absolute atomic E-state index is 12.6. The molecule has 35 heavy (non-hydrogen) atoms. The van der Waals surface area contributed by atoms with Crippen molar-refractivity contribution < 1.29 is 22.8 Å². The predicted octanol–water partition coefficient (Wildman–Crippen LogP) is 3.48. The highest BCUT2D eigenvalue weighted by atomic mass is 32.2. The highest BCUT2D eigenvalue weighted by Gasteiger charge is 2.37. The van der Waals surface area contributed by atoms with Gasteiger partial charge in [0.25, 0.3) is 15.9 Å². The molecule has 2 aromatic carbocycles. The van der Waals surface area contributed by atoms with Gasteiger partial charge in [-0.15, -0.1) is 0 Å². The van der Waals surface area contributed by atoms with Crippen molar-refractivity contribution in [2.75, 3.05) is 6.54 Å². The average molecular weight is 499 g/mol. The molecule has 1 fully saturated rings. The number of amides is 5. The molecule has 4 rings (SSSR count). The van der Waals surface area contributed by atoms with Crippen LogP contribution in [0.3, 0.4) is 0 Å². The Hall–Kier alpha value is -3.40. The minimum atomic E-state index is -3.99. The number of nitrogens with one attached hydrogen (secondary N) is 3. The lowest BCUT2D eigenvalue weighted by molar-refractivity contribution is 0.0790. The molecule has 2 aromatic rings. The zero-order valence-corrected chi connectivity index (χ0v) is 20.4. The molecule has 1 aliphatic carbocycles. The Labute approximate surface area is 205 Å². The number of carbonyl (C=O) groups excluding carboxylic acids is 3. The number of imide groups is 1. The molecule has 3 N–H and O–H groups in total. The number of hydrogen-bond donors (Lipinski definition) is 3. The first-order valence-electron chi connectivity index (χ1n) is 11.9. The van der Waals surface area contributed by atoms with Gasteiger partial charge < -0.3 is 10.6 Å². The van der Waals surface area contributed by atoms with E-state index in [9.17, 15) is 22.8 Å². The molecule has 1 atom stereocenters. The predicted molar refractivity (Wildman–Crippen MR) is 130 cm³/mol. The van der Waals surface area contributed by atoms with Gasteiger partial charge in [-0.3, -0.25) is 9.69 Å². The molecule has 0 radical (unpaired) electrons. The second kappa shape index (κ2) is 10.5. The number of urea groups is 2. The first-order valence-corrected chi connectivity index (χ1v) is 13.4. The van der Waals surface area contributed by atoms with Crippen LogP contribution < -0.4 is 15.4 Å². The molecular formula is C25H30N4O5S. The van der Waals surface area contributed by atoms with Gasteiger partial charge in [0.2, 0.25) is 0 Å². The molecule has 1 aliphatic heterocycles. The van der Waals surface area contributed by atoms with Gasteiger partial charge in [-0.05, 0) is 55.5 Å². The van der Waals surface area contributed by atoms with E-state index in [1.165, 1.54) is 17.0 Å². The number of rotatable bonds is 6. The number of carbonyl (C=O) groups is 3. The van der Waals surface area contributed by atoms with Crippen LogP contribution in [0.1, 0.15) is 66.6 Å². The second-order valence-corrected chi connectivity index (χ2v) is 10.7. The second-order valence-electron chi connectivity index (χ2n) is 8.98. The van der Waals surface area contributed by atoms with Crippen LogP contribution in [0.2, 0.25) is 0 Å². The van der Waals surface area contributed by atoms with Crippen LogP contribution in [0.25, 0.3) is 0 Å². The first-order chi connectivity index (χ1) is 16.8. The summed E-state index contributed by atoms with van der Waals surface area (Å²) in [6, 6.07) is 11.8. The Morgan fingerprint density at radius 3 is 2.37 bits per heavy atom. The van der Waals surface area contributed by atoms with Crippen LogP contribution in [0.15, 0.2) is 53.4 Å². The van der Waals surface area contributed by atoms with E-state index in [1.54, 1.807) is 24.3 Å². The number of fused-ring (bicyclic) bond motifs is 1. The monoisotopic (exact) mass is 498 g/mol. The standard InChI is InChI=1S/C25H30N4O5S/c1-17-21-9-5-6-10-22(21)23(30)29(17)25(32)26-16-15-18-11-13-20(14-12-18)35(33,34)28-24(31)27-19-7-3-2-4-8-19/h5-6,9-14,17,19H,2-4,7-8,15-16H2,1H3,(H,26,32)(H2,27,28,31). The van der Waals surface area contributed by atoms with Crippen molar-refractivity contribution in [3.8, 4) is 0 Å². The summed E-state index contributed by atoms with van der Waals surface area (Å²) in [5.74, 6) is -0.319. The van der Waals surface area contributed by atoms with Gasteiger partial charge in [-0.2, -0.15) is 0 Å². The van der Waals surface area contributed by atoms with Gasteiger partial charge in [0.15, 0.2) is 0 Å². The van der Waals surface area contributed by atoms with E-state index in [2.05, 4.69) is 15.4 Å². The van der Waals surface area contributed by atoms with Crippen molar-refractivity contribution in [1.82, 2.24) is 20.3 Å². The highest BCUT2D eigenvalue weighted by Crippen LogP contribution is 2.32. The third kappa shape index (κ3) is 5.64. The summed E-state index contributed by atoms with van der Waals surface area (Å²) in [6.07, 6.45) is 5.36. The molecule has 1 saturated carbocycles. The van der Waals surface area contributed by atoms with E-state index in [-0.39, 0.29) is 29.4 Å². The molecule has 10 heteroatoms. The maximum Gasteiger partial charge on any atom is 0.328 e. The van der Waals surface area contributed by atoms with Crippen molar-refractivity contribution in [2.45, 2.75) is 62.4 Å². The minimum absolute atomic E-state index is 0.00421. The number of hydrogen-bond acceptors (Lipinski definition) is 5. The Bertz CT molecular complexity index is 1210. The summed E-state index contributed by atoms with van der Waals surface area (Å²) in [7, 11) is -3.99. The van der Waals surface area contributed by atoms with Crippen LogP contribution in [-0.2, 0) is 16.4 Å². The van der Waals surface area contributed by atoms with Crippen molar-refractivity contribution in [3.05, 3.63) is 65.2 Å². The smallest absolute Gasteiger partial charge is 0.328 e. The van der Waals surface area contributed by atoms with Crippen LogP contribution in [0.4, 0.5) is 9.59 Å². The van der Waals surface area contributed by atoms with Crippen LogP contribution >= 0.6 is 0 Å². The maximum atomic E-state index is 12.6. The highest BCUT2D eigenvalue weighted by molar-refractivity contribution is 7.90. The minimum Gasteiger partial charge on any atom is -0.337 e. The van der Waals surface area contributed by atoms with Gasteiger partial charge in [-0.1, -0.05) is 49.6 Å². The fourth-order valence-corrected chi connectivity index (χ4v) is 5.56. The van der Waals surface area contributed by atoms with E-state index in [0.29, 0.717) is 12.0 Å². The molecule has 186 valence electrons. The largest absolute Gasteiger partial charge is 0.337 e. The van der Waals surface area contributed by atoms with E-state index >= 15 is 0 Å². The third-order valence-electron chi connectivity index (χ3n) is 6.56. The molecule has 5 amide bonds. The van der Waals surface area contributed by atoms with Crippen molar-refractivity contribution in [3.63, 3.8) is 0 Å². The molecule has 0 spiro atoms. The molecule has 9 nitrogen and oxygen atoms in total. The van der Waals surface area contributed by atoms with E-state index in [4.69, 9.17) is 0 Å². The fourth-order valence-electron chi connectivity index (χ4n) is 4.65. The van der Waals surface area contributed by atoms with Crippen LogP contribution in [0, 0.1) is 0 Å². The fraction of sp³-hybridized carbons (Fsp3) is 0.400. The molecular weight excluding hydrogens is 468 g/mol. The lowest BCUT2D eigenvalue weighted by atomic mass is 9.96. The molecule has 2 aliphatic rings. The van der Waals surface area contributed by atoms with Crippen molar-refractivity contribution in [2.24, 2.45) is 0 Å². The lowest BCUT2D eigenvalue weighted by Gasteiger charge is -2.22. The SMILES string of the molecule is CC1c2ccccc2C(=O)N1C(=O)NCCc1ccc(S(=O)(=O)NC(=O)NC2CCCCC2)cc1. The number of benzene rings is 2. The lowest BCUT2D eigenvalue weighted by Crippen LogP contribution is -2.45. The summed E-state index contributed by atoms with van der Waals surface area (Å²) in [6.45, 7) is 2.09. The molecule has 0 aromatic heterocycles. The summed E-state index contributed by atoms with van der Waals surface area (Å²) in [4.78, 5) is 38.5. The third-order valence-corrected chi connectivity index (χ3v) is 7.90. The zero-order valence-electron chi connectivity index (χ0n) is 19.6. The number of sulfonamides is 1. The van der Waals surface area contributed by atoms with Gasteiger partial charge in [0.05, 0.1) is 10.9 Å². The Morgan fingerprint density at radius 2 is 1.69 bits per heavy atom. The first kappa shape index (κ1) is 24.7. The zero-order chi connectivity index (χ0) is 25.0. The molecule has 0 bridgehead atoms. The summed E-state index contributed by atoms with van der Waals surface area (Å²) >= 11 is 0. The summed E-state index contributed by atoms with van der Waals surface area (Å²) < 4.78 is 27.1. The van der Waals surface area contributed by atoms with Crippen molar-refractivity contribution >= 4 is 28.0 Å². The average Bonchev–Trinajstić information content (AvgIpc) is 3.10. The van der Waals surface area contributed by atoms with Crippen molar-refractivity contribution in [1.29, 1.82) is 0 Å². The molecule has 1 unspecified atom stereocenters. The summed E-state index contributed by atoms with van der Waals surface area (Å²) in [5.41, 5.74) is 2.17. The summed E-state index contributed by atoms with van der Waals surface area (Å²) in [5, 5.41) is 5.49. The quantitative estimate of drug-likeness (QED) is 0.562. The van der Waals surface area contributed by atoms with Gasteiger partial charge >= 0.3 is 12.1 Å². The Kier molecular flexibility index (Phi) is 7.39. The molecule has 1 heterocycles. The van der Waals surface area contributed by atoms with E-state index in [0.717, 1.165) is 43.2 Å². The van der Waals surface area contributed by atoms with E-state index in [1.807, 2.05) is 19.1 Å². The van der Waals surface area contributed by atoms with Gasteiger partial charge in [0, 0.05) is 18.2 Å². The normalized spacial score (nSPS) is 18.1. The topological polar surface area (TPSA) is 125 Å². The Morgan fingerprint density at radius 1 is 1.00 bits per heavy atom. The number of nitrogens with zero attached hydrogens (tertiary/aromatic N) is 1. The van der Waals surface area contributed by atoms with Crippen LogP contribution in [0.5, 0.6) is 0 Å². The van der Waals surface area contributed by atoms with Gasteiger partial charge in [-0.25, -0.2) is 22.7 Å². The molecule has 0 saturated heterocycles. The Balaban J connectivity index is 1.27. The van der Waals surface area contributed by atoms with Gasteiger partial charge in [0.1, 0.15) is 0 Å². The van der Waals surface area contributed by atoms with E-state index < -0.39 is 22.1 Å². The van der Waals surface area contributed by atoms with Crippen LogP contribution in [-0.4, -0.2) is 43.9 Å².